The van der Waals surface area contributed by atoms with E-state index in [9.17, 15) is 10.1 Å². The maximum absolute atomic E-state index is 13.0. The van der Waals surface area contributed by atoms with Crippen LogP contribution < -0.4 is 10.1 Å². The van der Waals surface area contributed by atoms with Crippen molar-refractivity contribution in [3.8, 4) is 22.9 Å². The predicted octanol–water partition coefficient (Wildman–Crippen LogP) is 5.61. The van der Waals surface area contributed by atoms with Crippen LogP contribution in [-0.2, 0) is 4.79 Å². The van der Waals surface area contributed by atoms with Crippen LogP contribution in [-0.4, -0.2) is 32.9 Å². The Labute approximate surface area is 204 Å². The van der Waals surface area contributed by atoms with Crippen molar-refractivity contribution in [3.63, 3.8) is 0 Å². The van der Waals surface area contributed by atoms with E-state index < -0.39 is 5.25 Å². The molecule has 0 saturated carbocycles. The lowest BCUT2D eigenvalue weighted by atomic mass is 10.0. The summed E-state index contributed by atoms with van der Waals surface area (Å²) in [5.41, 5.74) is 3.82. The number of thioether (sulfide) groups is 1. The Bertz CT molecular complexity index is 1550. The van der Waals surface area contributed by atoms with Crippen LogP contribution in [0.5, 0.6) is 5.75 Å². The Hall–Kier alpha value is -3.87. The molecular formula is C25H19N5O2S2. The zero-order valence-corrected chi connectivity index (χ0v) is 20.0. The number of nitriles is 1. The van der Waals surface area contributed by atoms with Gasteiger partial charge >= 0.3 is 0 Å². The minimum atomic E-state index is -0.454. The van der Waals surface area contributed by atoms with E-state index in [1.807, 2.05) is 77.4 Å². The van der Waals surface area contributed by atoms with Gasteiger partial charge in [-0.3, -0.25) is 9.20 Å². The molecule has 0 bridgehead atoms. The van der Waals surface area contributed by atoms with Crippen LogP contribution in [0.15, 0.2) is 71.2 Å². The Morgan fingerprint density at radius 1 is 1.15 bits per heavy atom. The van der Waals surface area contributed by atoms with E-state index in [2.05, 4.69) is 21.6 Å². The van der Waals surface area contributed by atoms with E-state index in [1.165, 1.54) is 23.1 Å². The monoisotopic (exact) mass is 485 g/mol. The first kappa shape index (κ1) is 21.9. The van der Waals surface area contributed by atoms with Gasteiger partial charge in [0.05, 0.1) is 23.4 Å². The molecule has 0 aliphatic carbocycles. The molecule has 1 N–H and O–H groups in total. The van der Waals surface area contributed by atoms with Crippen molar-refractivity contribution in [2.24, 2.45) is 0 Å². The van der Waals surface area contributed by atoms with Gasteiger partial charge in [0.15, 0.2) is 10.8 Å². The molecule has 3 aromatic heterocycles. The molecule has 0 aliphatic rings. The van der Waals surface area contributed by atoms with Crippen molar-refractivity contribution in [1.29, 1.82) is 5.26 Å². The number of amides is 1. The lowest BCUT2D eigenvalue weighted by molar-refractivity contribution is -0.115. The Morgan fingerprint density at radius 3 is 2.71 bits per heavy atom. The molecule has 1 atom stereocenters. The zero-order chi connectivity index (χ0) is 23.7. The molecule has 3 heterocycles. The van der Waals surface area contributed by atoms with Gasteiger partial charge in [-0.05, 0) is 48.2 Å². The van der Waals surface area contributed by atoms with Crippen LogP contribution in [0.3, 0.4) is 0 Å². The molecule has 0 saturated heterocycles. The minimum Gasteiger partial charge on any atom is -0.497 e. The molecule has 1 unspecified atom stereocenters. The quantitative estimate of drug-likeness (QED) is 0.314. The summed E-state index contributed by atoms with van der Waals surface area (Å²) in [6, 6.07) is 21.6. The molecule has 5 rings (SSSR count). The van der Waals surface area contributed by atoms with Crippen LogP contribution in [0.25, 0.3) is 27.7 Å². The summed E-state index contributed by atoms with van der Waals surface area (Å²) >= 11 is 2.66. The van der Waals surface area contributed by atoms with Gasteiger partial charge in [-0.1, -0.05) is 42.1 Å². The number of pyridine rings is 1. The highest BCUT2D eigenvalue weighted by molar-refractivity contribution is 8.00. The topological polar surface area (TPSA) is 92.3 Å². The van der Waals surface area contributed by atoms with E-state index in [1.54, 1.807) is 7.11 Å². The summed E-state index contributed by atoms with van der Waals surface area (Å²) in [4.78, 5) is 13.0. The van der Waals surface area contributed by atoms with Crippen molar-refractivity contribution >= 4 is 50.6 Å². The van der Waals surface area contributed by atoms with Crippen LogP contribution in [0.1, 0.15) is 12.5 Å². The summed E-state index contributed by atoms with van der Waals surface area (Å²) in [6.07, 6.45) is 0. The molecule has 9 heteroatoms. The largest absolute Gasteiger partial charge is 0.497 e. The number of para-hydroxylation sites is 1. The summed E-state index contributed by atoms with van der Waals surface area (Å²) in [7, 11) is 1.61. The predicted molar refractivity (Wildman–Crippen MR) is 135 cm³/mol. The third-order valence-electron chi connectivity index (χ3n) is 5.44. The number of ether oxygens (including phenoxy) is 1. The van der Waals surface area contributed by atoms with Gasteiger partial charge in [0.25, 0.3) is 0 Å². The number of nitrogens with zero attached hydrogens (tertiary/aromatic N) is 4. The molecule has 34 heavy (non-hydrogen) atoms. The van der Waals surface area contributed by atoms with Gasteiger partial charge in [0, 0.05) is 10.9 Å². The molecule has 168 valence electrons. The van der Waals surface area contributed by atoms with Gasteiger partial charge in [0.2, 0.25) is 5.91 Å². The number of aromatic nitrogens is 3. The van der Waals surface area contributed by atoms with Gasteiger partial charge in [-0.25, -0.2) is 0 Å². The van der Waals surface area contributed by atoms with Crippen molar-refractivity contribution in [3.05, 3.63) is 71.6 Å². The number of methoxy groups -OCH3 is 1. The number of thiophene rings is 1. The summed E-state index contributed by atoms with van der Waals surface area (Å²) < 4.78 is 7.16. The highest BCUT2D eigenvalue weighted by atomic mass is 32.2. The molecule has 5 aromatic rings. The number of nitrogens with one attached hydrogen (secondary N) is 1. The number of fused-ring (bicyclic) bond motifs is 3. The molecular weight excluding hydrogens is 466 g/mol. The van der Waals surface area contributed by atoms with Gasteiger partial charge in [0.1, 0.15) is 16.8 Å². The molecule has 2 aromatic carbocycles. The second-order valence-corrected chi connectivity index (χ2v) is 9.70. The molecule has 7 nitrogen and oxygen atoms in total. The normalized spacial score (nSPS) is 11.9. The zero-order valence-electron chi connectivity index (χ0n) is 18.4. The maximum atomic E-state index is 13.0. The molecule has 0 fully saturated rings. The van der Waals surface area contributed by atoms with E-state index in [-0.39, 0.29) is 5.91 Å². The number of rotatable bonds is 6. The van der Waals surface area contributed by atoms with Crippen LogP contribution in [0, 0.1) is 11.3 Å². The number of hydrogen-bond acceptors (Lipinski definition) is 7. The average molecular weight is 486 g/mol. The van der Waals surface area contributed by atoms with Crippen LogP contribution in [0.2, 0.25) is 0 Å². The number of benzene rings is 2. The first-order valence-corrected chi connectivity index (χ1v) is 12.2. The highest BCUT2D eigenvalue weighted by Crippen LogP contribution is 2.36. The number of carbonyl (C=O) groups excluding carboxylic acids is 1. The first-order valence-electron chi connectivity index (χ1n) is 10.5. The van der Waals surface area contributed by atoms with E-state index in [0.717, 1.165) is 33.4 Å². The van der Waals surface area contributed by atoms with Crippen molar-refractivity contribution in [2.45, 2.75) is 17.3 Å². The average Bonchev–Trinajstić information content (AvgIpc) is 3.48. The molecule has 0 spiro atoms. The van der Waals surface area contributed by atoms with Crippen molar-refractivity contribution < 1.29 is 9.53 Å². The van der Waals surface area contributed by atoms with Crippen LogP contribution in [0.4, 0.5) is 5.00 Å². The Kier molecular flexibility index (Phi) is 5.92. The number of anilines is 1. The van der Waals surface area contributed by atoms with Gasteiger partial charge < -0.3 is 10.1 Å². The van der Waals surface area contributed by atoms with Gasteiger partial charge in [-0.2, -0.15) is 5.26 Å². The first-order chi connectivity index (χ1) is 16.6. The van der Waals surface area contributed by atoms with E-state index in [0.29, 0.717) is 15.7 Å². The van der Waals surface area contributed by atoms with Crippen LogP contribution >= 0.6 is 23.1 Å². The minimum absolute atomic E-state index is 0.207. The fourth-order valence-corrected chi connectivity index (χ4v) is 5.45. The van der Waals surface area contributed by atoms with Crippen molar-refractivity contribution in [1.82, 2.24) is 14.6 Å². The molecule has 0 aliphatic heterocycles. The summed E-state index contributed by atoms with van der Waals surface area (Å²) in [5.74, 6) is 0.535. The fraction of sp³-hybridized carbons (Fsp3) is 0.120. The number of hydrogen-bond donors (Lipinski definition) is 1. The standard InChI is InChI=1S/C25H19N5O2S2/c1-15(34-25-29-28-22-12-9-17-5-3-4-6-21(17)30(22)25)23(31)27-24-19(13-26)20(14-33-24)16-7-10-18(32-2)11-8-16/h3-12,14-15H,1-2H3,(H,27,31). The smallest absolute Gasteiger partial charge is 0.238 e. The molecule has 1 amide bonds. The third kappa shape index (κ3) is 3.98. The maximum Gasteiger partial charge on any atom is 0.238 e. The summed E-state index contributed by atoms with van der Waals surface area (Å²) in [5, 5.41) is 24.9. The van der Waals surface area contributed by atoms with E-state index >= 15 is 0 Å². The SMILES string of the molecule is COc1ccc(-c2csc(NC(=O)C(C)Sc3nnc4ccc5ccccc5n34)c2C#N)cc1. The number of carbonyl (C=O) groups is 1. The Morgan fingerprint density at radius 2 is 1.94 bits per heavy atom. The van der Waals surface area contributed by atoms with Crippen molar-refractivity contribution in [2.75, 3.05) is 12.4 Å². The molecule has 0 radical (unpaired) electrons. The fourth-order valence-electron chi connectivity index (χ4n) is 3.66. The van der Waals surface area contributed by atoms with Gasteiger partial charge in [-0.15, -0.1) is 21.5 Å². The van der Waals surface area contributed by atoms with E-state index in [4.69, 9.17) is 4.74 Å². The summed E-state index contributed by atoms with van der Waals surface area (Å²) in [6.45, 7) is 1.82. The lowest BCUT2D eigenvalue weighted by Crippen LogP contribution is -2.22. The Balaban J connectivity index is 1.38. The highest BCUT2D eigenvalue weighted by Gasteiger charge is 2.22. The second kappa shape index (κ2) is 9.17. The third-order valence-corrected chi connectivity index (χ3v) is 7.38. The second-order valence-electron chi connectivity index (χ2n) is 7.51. The lowest BCUT2D eigenvalue weighted by Gasteiger charge is -2.11.